The molecule has 7 nitrogen and oxygen atoms in total. The van der Waals surface area contributed by atoms with E-state index in [9.17, 15) is 13.2 Å². The first-order chi connectivity index (χ1) is 7.89. The molecule has 2 rings (SSSR count). The molecule has 17 heavy (non-hydrogen) atoms. The lowest BCUT2D eigenvalue weighted by molar-refractivity contribution is 0.229. The Kier molecular flexibility index (Phi) is 2.76. The van der Waals surface area contributed by atoms with Crippen LogP contribution in [0.3, 0.4) is 0 Å². The second-order valence-corrected chi connectivity index (χ2v) is 5.31. The van der Waals surface area contributed by atoms with Crippen molar-refractivity contribution < 1.29 is 13.2 Å². The molecule has 1 aliphatic rings. The Morgan fingerprint density at radius 2 is 2.06 bits per heavy atom. The van der Waals surface area contributed by atoms with Crippen LogP contribution in [0.15, 0.2) is 23.2 Å². The predicted molar refractivity (Wildman–Crippen MR) is 61.0 cm³/mol. The van der Waals surface area contributed by atoms with Crippen molar-refractivity contribution in [2.45, 2.75) is 4.90 Å². The lowest BCUT2D eigenvalue weighted by Crippen LogP contribution is -2.29. The van der Waals surface area contributed by atoms with Gasteiger partial charge in [-0.1, -0.05) is 0 Å². The number of urea groups is 1. The zero-order valence-corrected chi connectivity index (χ0v) is 10.0. The second kappa shape index (κ2) is 3.97. The highest BCUT2D eigenvalue weighted by Crippen LogP contribution is 2.18. The van der Waals surface area contributed by atoms with Crippen molar-refractivity contribution in [1.82, 2.24) is 9.88 Å². The summed E-state index contributed by atoms with van der Waals surface area (Å²) >= 11 is 0. The van der Waals surface area contributed by atoms with Gasteiger partial charge < -0.3 is 4.90 Å². The molecule has 0 saturated carbocycles. The van der Waals surface area contributed by atoms with Crippen LogP contribution in [0.4, 0.5) is 10.6 Å². The monoisotopic (exact) mass is 256 g/mol. The molecule has 8 heteroatoms. The zero-order chi connectivity index (χ0) is 12.6. The maximum atomic E-state index is 11.7. The van der Waals surface area contributed by atoms with E-state index in [1.807, 2.05) is 0 Å². The number of hydrogen-bond acceptors (Lipinski definition) is 4. The summed E-state index contributed by atoms with van der Waals surface area (Å²) < 4.78 is 22.1. The number of pyridine rings is 1. The van der Waals surface area contributed by atoms with E-state index < -0.39 is 10.0 Å². The van der Waals surface area contributed by atoms with E-state index in [1.165, 1.54) is 17.0 Å². The Hall–Kier alpha value is -1.67. The van der Waals surface area contributed by atoms with Gasteiger partial charge >= 0.3 is 6.03 Å². The van der Waals surface area contributed by atoms with E-state index in [2.05, 4.69) is 4.98 Å². The third-order valence-electron chi connectivity index (χ3n) is 2.54. The number of carbonyl (C=O) groups excluding carboxylic acids is 1. The van der Waals surface area contributed by atoms with Crippen molar-refractivity contribution >= 4 is 21.9 Å². The highest BCUT2D eigenvalue weighted by molar-refractivity contribution is 7.89. The van der Waals surface area contributed by atoms with Crippen molar-refractivity contribution in [2.75, 3.05) is 25.0 Å². The van der Waals surface area contributed by atoms with Gasteiger partial charge in [-0.2, -0.15) is 0 Å². The SMILES string of the molecule is CN1CCN(c2ccc(S(N)(=O)=O)cn2)C1=O. The summed E-state index contributed by atoms with van der Waals surface area (Å²) in [4.78, 5) is 18.6. The number of hydrogen-bond donors (Lipinski definition) is 1. The molecule has 0 unspecified atom stereocenters. The Balaban J connectivity index is 2.28. The molecule has 0 atom stereocenters. The molecule has 1 aromatic heterocycles. The summed E-state index contributed by atoms with van der Waals surface area (Å²) in [6, 6.07) is 2.65. The van der Waals surface area contributed by atoms with Gasteiger partial charge in [-0.05, 0) is 12.1 Å². The molecular weight excluding hydrogens is 244 g/mol. The number of primary sulfonamides is 1. The second-order valence-electron chi connectivity index (χ2n) is 3.75. The number of amides is 2. The number of likely N-dealkylation sites (N-methyl/N-ethyl adjacent to an activating group) is 1. The van der Waals surface area contributed by atoms with Crippen molar-refractivity contribution in [3.05, 3.63) is 18.3 Å². The number of sulfonamides is 1. The van der Waals surface area contributed by atoms with Gasteiger partial charge in [0, 0.05) is 26.3 Å². The third-order valence-corrected chi connectivity index (χ3v) is 3.44. The van der Waals surface area contributed by atoms with Gasteiger partial charge in [0.25, 0.3) is 0 Å². The molecule has 1 aromatic rings. The van der Waals surface area contributed by atoms with Gasteiger partial charge in [0.1, 0.15) is 10.7 Å². The number of aromatic nitrogens is 1. The molecule has 1 saturated heterocycles. The van der Waals surface area contributed by atoms with E-state index in [4.69, 9.17) is 5.14 Å². The Morgan fingerprint density at radius 1 is 1.35 bits per heavy atom. The van der Waals surface area contributed by atoms with Crippen molar-refractivity contribution in [3.8, 4) is 0 Å². The van der Waals surface area contributed by atoms with Gasteiger partial charge in [0.2, 0.25) is 10.0 Å². The van der Waals surface area contributed by atoms with E-state index in [-0.39, 0.29) is 10.9 Å². The first-order valence-electron chi connectivity index (χ1n) is 4.91. The first-order valence-corrected chi connectivity index (χ1v) is 6.46. The lowest BCUT2D eigenvalue weighted by atomic mass is 10.4. The largest absolute Gasteiger partial charge is 0.326 e. The molecule has 0 radical (unpaired) electrons. The molecule has 1 fully saturated rings. The molecule has 0 aliphatic carbocycles. The highest BCUT2D eigenvalue weighted by atomic mass is 32.2. The minimum absolute atomic E-state index is 0.0683. The lowest BCUT2D eigenvalue weighted by Gasteiger charge is -2.14. The fourth-order valence-corrected chi connectivity index (χ4v) is 2.02. The van der Waals surface area contributed by atoms with Crippen LogP contribution >= 0.6 is 0 Å². The summed E-state index contributed by atoms with van der Waals surface area (Å²) in [7, 11) is -2.05. The minimum atomic E-state index is -3.74. The third kappa shape index (κ3) is 2.22. The predicted octanol–water partition coefficient (Wildman–Crippen LogP) is -0.399. The van der Waals surface area contributed by atoms with Gasteiger partial charge in [-0.25, -0.2) is 23.3 Å². The average Bonchev–Trinajstić information content (AvgIpc) is 2.59. The molecule has 92 valence electrons. The molecule has 0 bridgehead atoms. The molecule has 0 spiro atoms. The van der Waals surface area contributed by atoms with Crippen LogP contribution in [0.1, 0.15) is 0 Å². The van der Waals surface area contributed by atoms with Gasteiger partial charge in [0.05, 0.1) is 0 Å². The van der Waals surface area contributed by atoms with E-state index in [0.717, 1.165) is 6.20 Å². The van der Waals surface area contributed by atoms with Crippen molar-refractivity contribution in [3.63, 3.8) is 0 Å². The summed E-state index contributed by atoms with van der Waals surface area (Å²) in [5.41, 5.74) is 0. The quantitative estimate of drug-likeness (QED) is 0.778. The minimum Gasteiger partial charge on any atom is -0.326 e. The van der Waals surface area contributed by atoms with Crippen LogP contribution < -0.4 is 10.0 Å². The molecule has 2 N–H and O–H groups in total. The van der Waals surface area contributed by atoms with Crippen LogP contribution in [0.25, 0.3) is 0 Å². The number of rotatable bonds is 2. The number of carbonyl (C=O) groups is 1. The Morgan fingerprint density at radius 3 is 2.47 bits per heavy atom. The number of anilines is 1. The smallest absolute Gasteiger partial charge is 0.325 e. The molecule has 1 aliphatic heterocycles. The van der Waals surface area contributed by atoms with Gasteiger partial charge in [-0.15, -0.1) is 0 Å². The van der Waals surface area contributed by atoms with Crippen molar-refractivity contribution in [1.29, 1.82) is 0 Å². The van der Waals surface area contributed by atoms with Gasteiger partial charge in [0.15, 0.2) is 0 Å². The van der Waals surface area contributed by atoms with Crippen LogP contribution in [0, 0.1) is 0 Å². The van der Waals surface area contributed by atoms with Crippen molar-refractivity contribution in [2.24, 2.45) is 5.14 Å². The van der Waals surface area contributed by atoms with Crippen LogP contribution in [0.2, 0.25) is 0 Å². The summed E-state index contributed by atoms with van der Waals surface area (Å²) in [5, 5.41) is 4.95. The topological polar surface area (TPSA) is 96.6 Å². The van der Waals surface area contributed by atoms with E-state index in [1.54, 1.807) is 11.9 Å². The molecule has 2 heterocycles. The summed E-state index contributed by atoms with van der Waals surface area (Å²) in [6.07, 6.45) is 1.15. The van der Waals surface area contributed by atoms with Crippen LogP contribution in [-0.2, 0) is 10.0 Å². The van der Waals surface area contributed by atoms with Crippen LogP contribution in [-0.4, -0.2) is 44.5 Å². The zero-order valence-electron chi connectivity index (χ0n) is 9.20. The number of nitrogens with zero attached hydrogens (tertiary/aromatic N) is 3. The average molecular weight is 256 g/mol. The fourth-order valence-electron chi connectivity index (χ4n) is 1.56. The first kappa shape index (κ1) is 11.8. The number of nitrogens with two attached hydrogens (primary N) is 1. The molecule has 0 aromatic carbocycles. The highest BCUT2D eigenvalue weighted by Gasteiger charge is 2.27. The van der Waals surface area contributed by atoms with Gasteiger partial charge in [-0.3, -0.25) is 4.90 Å². The summed E-state index contributed by atoms with van der Waals surface area (Å²) in [5.74, 6) is 0.423. The normalized spacial score (nSPS) is 16.7. The standard InChI is InChI=1S/C9H12N4O3S/c1-12-4-5-13(9(12)14)8-3-2-7(6-11-8)17(10,15)16/h2-3,6H,4-5H2,1H3,(H2,10,15,16). The van der Waals surface area contributed by atoms with E-state index in [0.29, 0.717) is 18.9 Å². The molecular formula is C9H12N4O3S. The fraction of sp³-hybridized carbons (Fsp3) is 0.333. The maximum absolute atomic E-state index is 11.7. The summed E-state index contributed by atoms with van der Waals surface area (Å²) in [6.45, 7) is 1.16. The molecule has 2 amide bonds. The maximum Gasteiger partial charge on any atom is 0.325 e. The van der Waals surface area contributed by atoms with Crippen LogP contribution in [0.5, 0.6) is 0 Å². The van der Waals surface area contributed by atoms with E-state index >= 15 is 0 Å². The Bertz CT molecular complexity index is 540. The Labute approximate surface area is 98.9 Å².